The Bertz CT molecular complexity index is 2870. The maximum absolute atomic E-state index is 6.88. The van der Waals surface area contributed by atoms with Gasteiger partial charge in [-0.15, -0.1) is 0 Å². The fraction of sp³-hybridized carbons (Fsp3) is 0. The van der Waals surface area contributed by atoms with Gasteiger partial charge in [0.15, 0.2) is 0 Å². The van der Waals surface area contributed by atoms with Crippen molar-refractivity contribution in [1.29, 1.82) is 0 Å². The third-order valence-corrected chi connectivity index (χ3v) is 12.0. The van der Waals surface area contributed by atoms with Gasteiger partial charge in [0.1, 0.15) is 11.5 Å². The first-order valence-electron chi connectivity index (χ1n) is 23.9. The topological polar surface area (TPSA) is 44.3 Å². The predicted molar refractivity (Wildman–Crippen MR) is 296 cm³/mol. The van der Waals surface area contributed by atoms with Gasteiger partial charge in [-0.2, -0.15) is 4.98 Å². The molecule has 11 aromatic rings. The maximum Gasteiger partial charge on any atom is 0.222 e. The summed E-state index contributed by atoms with van der Waals surface area (Å²) in [6.45, 7) is 0. The van der Waals surface area contributed by atoms with Crippen LogP contribution >= 0.6 is 0 Å². The normalized spacial score (nSPS) is 10.8. The largest absolute Gasteiger partial charge is 0.439 e. The average molecular weight is 932 g/mol. The number of pyridine rings is 1. The Kier molecular flexibility index (Phi) is 13.1. The minimum absolute atomic E-state index is 0.370. The highest BCUT2D eigenvalue weighted by Gasteiger charge is 2.22. The molecular formula is C65H49N5O2. The molecule has 7 heteroatoms. The Morgan fingerprint density at radius 3 is 0.583 bits per heavy atom. The highest BCUT2D eigenvalue weighted by atomic mass is 16.5. The fourth-order valence-corrected chi connectivity index (χ4v) is 8.93. The Morgan fingerprint density at radius 2 is 0.389 bits per heavy atom. The van der Waals surface area contributed by atoms with Crippen molar-refractivity contribution in [2.24, 2.45) is 0 Å². The van der Waals surface area contributed by atoms with Crippen molar-refractivity contribution in [3.05, 3.63) is 297 Å². The van der Waals surface area contributed by atoms with Gasteiger partial charge in [-0.25, -0.2) is 0 Å². The third-order valence-electron chi connectivity index (χ3n) is 12.0. The lowest BCUT2D eigenvalue weighted by molar-refractivity contribution is 0.426. The summed E-state index contributed by atoms with van der Waals surface area (Å²) in [6.07, 6.45) is 0. The smallest absolute Gasteiger partial charge is 0.222 e. The Labute approximate surface area is 420 Å². The fourth-order valence-electron chi connectivity index (χ4n) is 8.93. The molecule has 0 saturated heterocycles. The van der Waals surface area contributed by atoms with Crippen LogP contribution in [-0.2, 0) is 0 Å². The van der Waals surface area contributed by atoms with Crippen molar-refractivity contribution in [2.45, 2.75) is 0 Å². The van der Waals surface area contributed by atoms with Crippen molar-refractivity contribution < 1.29 is 9.47 Å². The number of hydrogen-bond acceptors (Lipinski definition) is 7. The molecule has 7 nitrogen and oxygen atoms in total. The molecule has 0 aliphatic carbocycles. The van der Waals surface area contributed by atoms with E-state index in [1.54, 1.807) is 0 Å². The van der Waals surface area contributed by atoms with Crippen LogP contribution in [0.3, 0.4) is 0 Å². The second-order valence-corrected chi connectivity index (χ2v) is 16.9. The minimum atomic E-state index is 0.370. The third kappa shape index (κ3) is 10.1. The van der Waals surface area contributed by atoms with Crippen LogP contribution in [0.25, 0.3) is 0 Å². The Hall–Kier alpha value is -9.85. The molecule has 346 valence electrons. The molecule has 0 N–H and O–H groups in total. The summed E-state index contributed by atoms with van der Waals surface area (Å²) >= 11 is 0. The summed E-state index contributed by atoms with van der Waals surface area (Å²) in [7, 11) is 0. The molecule has 0 atom stereocenters. The molecule has 1 heterocycles. The van der Waals surface area contributed by atoms with Gasteiger partial charge in [-0.1, -0.05) is 152 Å². The molecule has 0 fully saturated rings. The molecule has 0 radical (unpaired) electrons. The Balaban J connectivity index is 1.02. The van der Waals surface area contributed by atoms with E-state index in [2.05, 4.69) is 250 Å². The van der Waals surface area contributed by atoms with Gasteiger partial charge in [0.25, 0.3) is 0 Å². The molecule has 0 unspecified atom stereocenters. The van der Waals surface area contributed by atoms with Crippen molar-refractivity contribution >= 4 is 68.2 Å². The maximum atomic E-state index is 6.88. The van der Waals surface area contributed by atoms with Crippen LogP contribution in [0.15, 0.2) is 297 Å². The Morgan fingerprint density at radius 1 is 0.194 bits per heavy atom. The van der Waals surface area contributed by atoms with Crippen LogP contribution in [0.5, 0.6) is 23.3 Å². The van der Waals surface area contributed by atoms with Crippen LogP contribution in [0.4, 0.5) is 68.2 Å². The number of ether oxygens (including phenoxy) is 2. The van der Waals surface area contributed by atoms with Crippen molar-refractivity contribution in [3.8, 4) is 23.3 Å². The van der Waals surface area contributed by atoms with E-state index in [0.717, 1.165) is 68.2 Å². The quantitative estimate of drug-likeness (QED) is 0.0956. The van der Waals surface area contributed by atoms with Gasteiger partial charge >= 0.3 is 0 Å². The molecule has 1 aromatic heterocycles. The van der Waals surface area contributed by atoms with E-state index in [1.807, 2.05) is 66.7 Å². The molecule has 72 heavy (non-hydrogen) atoms. The number of anilines is 12. The number of rotatable bonds is 16. The van der Waals surface area contributed by atoms with E-state index < -0.39 is 0 Å². The lowest BCUT2D eigenvalue weighted by atomic mass is 10.1. The lowest BCUT2D eigenvalue weighted by Gasteiger charge is -2.30. The van der Waals surface area contributed by atoms with Gasteiger partial charge < -0.3 is 29.1 Å². The molecule has 0 spiro atoms. The first-order chi connectivity index (χ1) is 35.7. The van der Waals surface area contributed by atoms with Gasteiger partial charge in [0, 0.05) is 81.9 Å². The van der Waals surface area contributed by atoms with Crippen LogP contribution in [0.1, 0.15) is 0 Å². The molecule has 0 amide bonds. The summed E-state index contributed by atoms with van der Waals surface area (Å²) < 4.78 is 13.8. The number of hydrogen-bond donors (Lipinski definition) is 0. The van der Waals surface area contributed by atoms with Gasteiger partial charge in [-0.05, 0) is 109 Å². The SMILES string of the molecule is c1ccc(N(c2ccccc2)c2cc(Oc3cccc(Oc4cc(N(c5ccccc5)c5ccccc5)cc(N(c5ccccc5)c5ccccc5)c4)n3)cc(N(c3ccccc3)c3ccccc3)c2)cc1. The van der Waals surface area contributed by atoms with E-state index >= 15 is 0 Å². The zero-order valence-corrected chi connectivity index (χ0v) is 39.3. The number of nitrogens with zero attached hydrogens (tertiary/aromatic N) is 5. The monoisotopic (exact) mass is 931 g/mol. The van der Waals surface area contributed by atoms with E-state index in [0.29, 0.717) is 23.3 Å². The minimum Gasteiger partial charge on any atom is -0.439 e. The summed E-state index contributed by atoms with van der Waals surface area (Å²) in [5.41, 5.74) is 11.6. The van der Waals surface area contributed by atoms with Crippen LogP contribution in [0, 0.1) is 0 Å². The van der Waals surface area contributed by atoms with Crippen LogP contribution < -0.4 is 29.1 Å². The van der Waals surface area contributed by atoms with Crippen LogP contribution in [0.2, 0.25) is 0 Å². The second-order valence-electron chi connectivity index (χ2n) is 16.9. The molecular weight excluding hydrogens is 883 g/mol. The first kappa shape index (κ1) is 44.6. The first-order valence-corrected chi connectivity index (χ1v) is 23.9. The van der Waals surface area contributed by atoms with E-state index in [9.17, 15) is 0 Å². The molecule has 0 aliphatic heterocycles. The molecule has 0 bridgehead atoms. The molecule has 0 aliphatic rings. The zero-order chi connectivity index (χ0) is 48.3. The summed E-state index contributed by atoms with van der Waals surface area (Å²) in [5, 5.41) is 0. The van der Waals surface area contributed by atoms with Gasteiger partial charge in [-0.3, -0.25) is 0 Å². The number of benzene rings is 10. The highest BCUT2D eigenvalue weighted by molar-refractivity contribution is 5.86. The molecule has 0 saturated carbocycles. The number of aromatic nitrogens is 1. The summed E-state index contributed by atoms with van der Waals surface area (Å²) in [5.74, 6) is 1.92. The van der Waals surface area contributed by atoms with Crippen molar-refractivity contribution in [2.75, 3.05) is 19.6 Å². The van der Waals surface area contributed by atoms with E-state index in [4.69, 9.17) is 14.5 Å². The molecule has 10 aromatic carbocycles. The van der Waals surface area contributed by atoms with Gasteiger partial charge in [0.2, 0.25) is 11.8 Å². The highest BCUT2D eigenvalue weighted by Crippen LogP contribution is 2.46. The molecule has 11 rings (SSSR count). The summed E-state index contributed by atoms with van der Waals surface area (Å²) in [4.78, 5) is 14.0. The van der Waals surface area contributed by atoms with Crippen molar-refractivity contribution in [1.82, 2.24) is 4.98 Å². The van der Waals surface area contributed by atoms with E-state index in [1.165, 1.54) is 0 Å². The standard InChI is InChI=1S/C65H49N5O2/c1-9-26-50(27-10-1)67(51-28-11-2-12-29-51)58-44-59(68(52-30-13-3-14-31-52)53-32-15-4-16-33-53)47-62(46-58)71-64-42-25-43-65(66-64)72-63-48-60(69(54-34-17-5-18-35-54)55-36-19-6-20-37-55)45-61(49-63)70(56-38-21-7-22-39-56)57-40-23-8-24-41-57/h1-49H. The lowest BCUT2D eigenvalue weighted by Crippen LogP contribution is -2.13. The van der Waals surface area contributed by atoms with Crippen LogP contribution in [-0.4, -0.2) is 4.98 Å². The van der Waals surface area contributed by atoms with Gasteiger partial charge in [0.05, 0.1) is 22.7 Å². The number of para-hydroxylation sites is 8. The summed E-state index contributed by atoms with van der Waals surface area (Å²) in [6, 6.07) is 101. The predicted octanol–water partition coefficient (Wildman–Crippen LogP) is 18.5. The van der Waals surface area contributed by atoms with E-state index in [-0.39, 0.29) is 0 Å². The zero-order valence-electron chi connectivity index (χ0n) is 39.3. The average Bonchev–Trinajstić information content (AvgIpc) is 3.44. The van der Waals surface area contributed by atoms with Crippen molar-refractivity contribution in [3.63, 3.8) is 0 Å². The second kappa shape index (κ2) is 21.2.